The van der Waals surface area contributed by atoms with Crippen LogP contribution in [-0.2, 0) is 11.2 Å². The number of hydrogen-bond donors (Lipinski definition) is 1. The number of methoxy groups -OCH3 is 2. The molecule has 0 saturated carbocycles. The van der Waals surface area contributed by atoms with Crippen molar-refractivity contribution in [3.8, 4) is 5.75 Å². The fourth-order valence-electron chi connectivity index (χ4n) is 2.07. The first kappa shape index (κ1) is 15.9. The average molecular weight is 273 g/mol. The molecule has 5 heteroatoms. The maximum absolute atomic E-state index is 14.6. The quantitative estimate of drug-likeness (QED) is 0.791. The molecule has 0 heterocycles. The molecule has 0 fully saturated rings. The Kier molecular flexibility index (Phi) is 6.18. The topological polar surface area (TPSA) is 44.5 Å². The minimum atomic E-state index is -1.52. The Balaban J connectivity index is 2.80. The molecule has 0 amide bonds. The molecule has 1 atom stereocenters. The number of benzene rings is 1. The first-order valence-electron chi connectivity index (χ1n) is 6.25. The summed E-state index contributed by atoms with van der Waals surface area (Å²) in [5.74, 6) is -0.333. The third-order valence-corrected chi connectivity index (χ3v) is 2.97. The van der Waals surface area contributed by atoms with Gasteiger partial charge in [-0.2, -0.15) is 0 Å². The van der Waals surface area contributed by atoms with Crippen LogP contribution < -0.4 is 10.5 Å². The molecule has 108 valence electrons. The van der Waals surface area contributed by atoms with Gasteiger partial charge in [0.25, 0.3) is 0 Å². The average Bonchev–Trinajstić information content (AvgIpc) is 2.37. The third-order valence-electron chi connectivity index (χ3n) is 2.97. The number of nitrogens with two attached hydrogens (primary N) is 1. The van der Waals surface area contributed by atoms with Gasteiger partial charge in [0.2, 0.25) is 0 Å². The molecule has 2 N–H and O–H groups in total. The zero-order valence-electron chi connectivity index (χ0n) is 11.4. The molecular weight excluding hydrogens is 252 g/mol. The Hall–Kier alpha value is -1.20. The van der Waals surface area contributed by atoms with E-state index in [1.165, 1.54) is 26.4 Å². The lowest BCUT2D eigenvalue weighted by Gasteiger charge is -2.24. The maximum Gasteiger partial charge on any atom is 0.165 e. The highest BCUT2D eigenvalue weighted by Crippen LogP contribution is 2.26. The van der Waals surface area contributed by atoms with Crippen molar-refractivity contribution >= 4 is 0 Å². The normalized spacial score (nSPS) is 14.2. The molecule has 1 aromatic carbocycles. The monoisotopic (exact) mass is 273 g/mol. The summed E-state index contributed by atoms with van der Waals surface area (Å²) in [4.78, 5) is 0. The summed E-state index contributed by atoms with van der Waals surface area (Å²) in [6.07, 6.45) is 0.964. The number of rotatable bonds is 8. The summed E-state index contributed by atoms with van der Waals surface area (Å²) in [7, 11) is 2.84. The highest BCUT2D eigenvalue weighted by Gasteiger charge is 2.29. The van der Waals surface area contributed by atoms with Crippen molar-refractivity contribution in [3.63, 3.8) is 0 Å². The second-order valence-corrected chi connectivity index (χ2v) is 4.62. The summed E-state index contributed by atoms with van der Waals surface area (Å²) >= 11 is 0. The molecule has 0 spiro atoms. The van der Waals surface area contributed by atoms with Crippen LogP contribution in [-0.4, -0.2) is 33.0 Å². The highest BCUT2D eigenvalue weighted by atomic mass is 19.1. The summed E-state index contributed by atoms with van der Waals surface area (Å²) in [5.41, 5.74) is 4.46. The van der Waals surface area contributed by atoms with Crippen LogP contribution in [0.15, 0.2) is 18.2 Å². The summed E-state index contributed by atoms with van der Waals surface area (Å²) in [6, 6.07) is 4.46. The Bertz CT molecular complexity index is 401. The number of hydrogen-bond acceptors (Lipinski definition) is 3. The van der Waals surface area contributed by atoms with Crippen molar-refractivity contribution in [2.45, 2.75) is 24.9 Å². The lowest BCUT2D eigenvalue weighted by Crippen LogP contribution is -2.32. The van der Waals surface area contributed by atoms with Crippen LogP contribution in [0.1, 0.15) is 18.4 Å². The molecule has 0 saturated heterocycles. The molecule has 19 heavy (non-hydrogen) atoms. The molecular formula is C14H21F2NO2. The van der Waals surface area contributed by atoms with Gasteiger partial charge in [-0.05, 0) is 37.1 Å². The van der Waals surface area contributed by atoms with Crippen molar-refractivity contribution in [2.75, 3.05) is 27.4 Å². The van der Waals surface area contributed by atoms with Crippen molar-refractivity contribution in [2.24, 2.45) is 5.73 Å². The van der Waals surface area contributed by atoms with Crippen LogP contribution in [0, 0.1) is 5.82 Å². The van der Waals surface area contributed by atoms with Gasteiger partial charge in [-0.15, -0.1) is 0 Å². The van der Waals surface area contributed by atoms with E-state index in [1.807, 2.05) is 0 Å². The Morgan fingerprint density at radius 3 is 2.58 bits per heavy atom. The Morgan fingerprint density at radius 2 is 2.05 bits per heavy atom. The van der Waals surface area contributed by atoms with Crippen LogP contribution >= 0.6 is 0 Å². The SMILES string of the molecule is COCC(F)(CCCN)Cc1ccc(OC)c(F)c1. The molecule has 0 bridgehead atoms. The van der Waals surface area contributed by atoms with Crippen molar-refractivity contribution in [1.82, 2.24) is 0 Å². The second kappa shape index (κ2) is 7.40. The first-order valence-corrected chi connectivity index (χ1v) is 6.25. The van der Waals surface area contributed by atoms with Crippen LogP contribution in [0.5, 0.6) is 5.75 Å². The maximum atomic E-state index is 14.6. The molecule has 1 aromatic rings. The zero-order valence-corrected chi connectivity index (χ0v) is 11.4. The molecule has 0 aliphatic rings. The number of halogens is 2. The van der Waals surface area contributed by atoms with Gasteiger partial charge < -0.3 is 15.2 Å². The van der Waals surface area contributed by atoms with Gasteiger partial charge in [-0.25, -0.2) is 8.78 Å². The smallest absolute Gasteiger partial charge is 0.165 e. The minimum Gasteiger partial charge on any atom is -0.494 e. The molecule has 1 unspecified atom stereocenters. The predicted molar refractivity (Wildman–Crippen MR) is 70.7 cm³/mol. The molecule has 0 radical (unpaired) electrons. The Labute approximate surface area is 112 Å². The first-order chi connectivity index (χ1) is 9.04. The predicted octanol–water partition coefficient (Wildman–Crippen LogP) is 2.47. The van der Waals surface area contributed by atoms with E-state index in [4.69, 9.17) is 15.2 Å². The molecule has 1 rings (SSSR count). The van der Waals surface area contributed by atoms with E-state index in [0.717, 1.165) is 0 Å². The van der Waals surface area contributed by atoms with Crippen LogP contribution in [0.2, 0.25) is 0 Å². The molecule has 0 aliphatic carbocycles. The Morgan fingerprint density at radius 1 is 1.32 bits per heavy atom. The number of alkyl halides is 1. The van der Waals surface area contributed by atoms with Gasteiger partial charge in [0.05, 0.1) is 13.7 Å². The summed E-state index contributed by atoms with van der Waals surface area (Å²) in [6.45, 7) is 0.396. The van der Waals surface area contributed by atoms with E-state index in [1.54, 1.807) is 6.07 Å². The van der Waals surface area contributed by atoms with Gasteiger partial charge in [0.15, 0.2) is 11.6 Å². The van der Waals surface area contributed by atoms with Crippen molar-refractivity contribution in [1.29, 1.82) is 0 Å². The van der Waals surface area contributed by atoms with E-state index in [2.05, 4.69) is 0 Å². The van der Waals surface area contributed by atoms with E-state index in [9.17, 15) is 8.78 Å². The number of ether oxygens (including phenoxy) is 2. The standard InChI is InChI=1S/C14H21F2NO2/c1-18-10-14(16,6-3-7-17)9-11-4-5-13(19-2)12(15)8-11/h4-5,8H,3,6-7,9-10,17H2,1-2H3. The molecule has 3 nitrogen and oxygen atoms in total. The molecule has 0 aromatic heterocycles. The summed E-state index contributed by atoms with van der Waals surface area (Å²) in [5, 5.41) is 0. The van der Waals surface area contributed by atoms with Crippen molar-refractivity contribution in [3.05, 3.63) is 29.6 Å². The fourth-order valence-corrected chi connectivity index (χ4v) is 2.07. The van der Waals surface area contributed by atoms with E-state index in [-0.39, 0.29) is 18.8 Å². The van der Waals surface area contributed by atoms with Crippen LogP contribution in [0.25, 0.3) is 0 Å². The molecule has 0 aliphatic heterocycles. The van der Waals surface area contributed by atoms with Gasteiger partial charge in [0.1, 0.15) is 5.67 Å². The zero-order chi connectivity index (χ0) is 14.3. The lowest BCUT2D eigenvalue weighted by atomic mass is 9.92. The van der Waals surface area contributed by atoms with Gasteiger partial charge >= 0.3 is 0 Å². The van der Waals surface area contributed by atoms with E-state index >= 15 is 0 Å². The van der Waals surface area contributed by atoms with Gasteiger partial charge in [-0.3, -0.25) is 0 Å². The van der Waals surface area contributed by atoms with E-state index < -0.39 is 11.5 Å². The van der Waals surface area contributed by atoms with Crippen LogP contribution in [0.4, 0.5) is 8.78 Å². The van der Waals surface area contributed by atoms with Crippen LogP contribution in [0.3, 0.4) is 0 Å². The lowest BCUT2D eigenvalue weighted by molar-refractivity contribution is 0.0334. The van der Waals surface area contributed by atoms with E-state index in [0.29, 0.717) is 24.9 Å². The van der Waals surface area contributed by atoms with Crippen molar-refractivity contribution < 1.29 is 18.3 Å². The largest absolute Gasteiger partial charge is 0.494 e. The minimum absolute atomic E-state index is 0.0271. The highest BCUT2D eigenvalue weighted by molar-refractivity contribution is 5.30. The fraction of sp³-hybridized carbons (Fsp3) is 0.571. The third kappa shape index (κ3) is 4.76. The van der Waals surface area contributed by atoms with Gasteiger partial charge in [0, 0.05) is 13.5 Å². The van der Waals surface area contributed by atoms with Gasteiger partial charge in [-0.1, -0.05) is 6.07 Å². The second-order valence-electron chi connectivity index (χ2n) is 4.62. The summed E-state index contributed by atoms with van der Waals surface area (Å²) < 4.78 is 38.0.